The Morgan fingerprint density at radius 2 is 1.86 bits per heavy atom. The van der Waals surface area contributed by atoms with Crippen molar-refractivity contribution in [1.29, 1.82) is 0 Å². The van der Waals surface area contributed by atoms with Crippen molar-refractivity contribution in [3.05, 3.63) is 53.5 Å². The SMILES string of the molecule is CCNC(c1nccnc1OC)C1Cc2ccccc2C1. The summed E-state index contributed by atoms with van der Waals surface area (Å²) in [6, 6.07) is 8.86. The lowest BCUT2D eigenvalue weighted by Crippen LogP contribution is -2.30. The molecule has 21 heavy (non-hydrogen) atoms. The van der Waals surface area contributed by atoms with Gasteiger partial charge in [0, 0.05) is 12.4 Å². The summed E-state index contributed by atoms with van der Waals surface area (Å²) in [6.45, 7) is 3.02. The lowest BCUT2D eigenvalue weighted by atomic mass is 9.93. The molecule has 1 N–H and O–H groups in total. The summed E-state index contributed by atoms with van der Waals surface area (Å²) >= 11 is 0. The van der Waals surface area contributed by atoms with E-state index in [1.807, 2.05) is 0 Å². The molecule has 0 saturated carbocycles. The fraction of sp³-hybridized carbons (Fsp3) is 0.412. The van der Waals surface area contributed by atoms with E-state index in [0.717, 1.165) is 25.1 Å². The molecule has 1 heterocycles. The van der Waals surface area contributed by atoms with Crippen LogP contribution in [0, 0.1) is 5.92 Å². The molecule has 0 bridgehead atoms. The second-order valence-corrected chi connectivity index (χ2v) is 5.42. The van der Waals surface area contributed by atoms with Gasteiger partial charge in [0.2, 0.25) is 5.88 Å². The van der Waals surface area contributed by atoms with Crippen LogP contribution >= 0.6 is 0 Å². The number of ether oxygens (including phenoxy) is 1. The molecule has 1 unspecified atom stereocenters. The van der Waals surface area contributed by atoms with E-state index in [1.54, 1.807) is 19.5 Å². The van der Waals surface area contributed by atoms with Crippen molar-refractivity contribution in [2.45, 2.75) is 25.8 Å². The summed E-state index contributed by atoms with van der Waals surface area (Å²) < 4.78 is 5.40. The summed E-state index contributed by atoms with van der Waals surface area (Å²) in [5, 5.41) is 3.57. The van der Waals surface area contributed by atoms with Gasteiger partial charge in [0.1, 0.15) is 5.69 Å². The third-order valence-electron chi connectivity index (χ3n) is 4.16. The summed E-state index contributed by atoms with van der Waals surface area (Å²) in [7, 11) is 1.65. The Balaban J connectivity index is 1.90. The van der Waals surface area contributed by atoms with Crippen LogP contribution in [-0.4, -0.2) is 23.6 Å². The van der Waals surface area contributed by atoms with E-state index in [-0.39, 0.29) is 6.04 Å². The topological polar surface area (TPSA) is 47.0 Å². The van der Waals surface area contributed by atoms with Crippen LogP contribution in [0.3, 0.4) is 0 Å². The monoisotopic (exact) mass is 283 g/mol. The van der Waals surface area contributed by atoms with Gasteiger partial charge in [0.25, 0.3) is 0 Å². The first kappa shape index (κ1) is 14.0. The van der Waals surface area contributed by atoms with Gasteiger partial charge in [0.15, 0.2) is 0 Å². The number of nitrogens with zero attached hydrogens (tertiary/aromatic N) is 2. The van der Waals surface area contributed by atoms with E-state index in [4.69, 9.17) is 4.74 Å². The Labute approximate surface area is 125 Å². The number of aromatic nitrogens is 2. The summed E-state index contributed by atoms with van der Waals surface area (Å²) in [5.74, 6) is 1.12. The molecule has 0 amide bonds. The second kappa shape index (κ2) is 6.22. The normalized spacial score (nSPS) is 15.7. The van der Waals surface area contributed by atoms with Crippen molar-refractivity contribution in [1.82, 2.24) is 15.3 Å². The van der Waals surface area contributed by atoms with Gasteiger partial charge in [-0.2, -0.15) is 0 Å². The van der Waals surface area contributed by atoms with E-state index in [2.05, 4.69) is 46.5 Å². The lowest BCUT2D eigenvalue weighted by Gasteiger charge is -2.24. The fourth-order valence-corrected chi connectivity index (χ4v) is 3.24. The molecular formula is C17H21N3O. The van der Waals surface area contributed by atoms with Crippen LogP contribution in [0.1, 0.15) is 29.8 Å². The van der Waals surface area contributed by atoms with Crippen LogP contribution in [0.5, 0.6) is 5.88 Å². The fourth-order valence-electron chi connectivity index (χ4n) is 3.24. The molecule has 1 aromatic heterocycles. The summed E-state index contributed by atoms with van der Waals surface area (Å²) in [6.07, 6.45) is 5.57. The van der Waals surface area contributed by atoms with Crippen LogP contribution < -0.4 is 10.1 Å². The number of nitrogens with one attached hydrogen (secondary N) is 1. The summed E-state index contributed by atoms with van der Waals surface area (Å²) in [4.78, 5) is 8.82. The Morgan fingerprint density at radius 3 is 2.48 bits per heavy atom. The van der Waals surface area contributed by atoms with Crippen molar-refractivity contribution < 1.29 is 4.74 Å². The molecule has 0 saturated heterocycles. The summed E-state index contributed by atoms with van der Waals surface area (Å²) in [5.41, 5.74) is 3.82. The molecule has 4 heteroatoms. The van der Waals surface area contributed by atoms with Gasteiger partial charge in [0.05, 0.1) is 13.2 Å². The van der Waals surface area contributed by atoms with Gasteiger partial charge >= 0.3 is 0 Å². The van der Waals surface area contributed by atoms with E-state index in [0.29, 0.717) is 11.8 Å². The minimum atomic E-state index is 0.172. The van der Waals surface area contributed by atoms with Gasteiger partial charge in [-0.25, -0.2) is 4.98 Å². The van der Waals surface area contributed by atoms with Crippen molar-refractivity contribution in [3.63, 3.8) is 0 Å². The zero-order chi connectivity index (χ0) is 14.7. The van der Waals surface area contributed by atoms with Crippen molar-refractivity contribution >= 4 is 0 Å². The minimum absolute atomic E-state index is 0.172. The molecule has 1 aliphatic carbocycles. The minimum Gasteiger partial charge on any atom is -0.480 e. The van der Waals surface area contributed by atoms with E-state index in [1.165, 1.54) is 11.1 Å². The molecule has 1 atom stereocenters. The van der Waals surface area contributed by atoms with Crippen molar-refractivity contribution in [3.8, 4) is 5.88 Å². The number of methoxy groups -OCH3 is 1. The van der Waals surface area contributed by atoms with Gasteiger partial charge in [-0.3, -0.25) is 4.98 Å². The molecule has 0 radical (unpaired) electrons. The van der Waals surface area contributed by atoms with Crippen LogP contribution in [0.2, 0.25) is 0 Å². The average molecular weight is 283 g/mol. The standard InChI is InChI=1S/C17H21N3O/c1-3-18-15(16-17(21-2)20-9-8-19-16)14-10-12-6-4-5-7-13(12)11-14/h4-9,14-15,18H,3,10-11H2,1-2H3. The molecule has 1 aromatic carbocycles. The predicted octanol–water partition coefficient (Wildman–Crippen LogP) is 2.55. The Hall–Kier alpha value is -1.94. The molecule has 0 fully saturated rings. The van der Waals surface area contributed by atoms with Crippen LogP contribution in [0.4, 0.5) is 0 Å². The molecule has 1 aliphatic rings. The first-order chi connectivity index (χ1) is 10.3. The number of fused-ring (bicyclic) bond motifs is 1. The highest BCUT2D eigenvalue weighted by atomic mass is 16.5. The second-order valence-electron chi connectivity index (χ2n) is 5.42. The third kappa shape index (κ3) is 2.76. The molecule has 2 aromatic rings. The Kier molecular flexibility index (Phi) is 4.15. The number of rotatable bonds is 5. The smallest absolute Gasteiger partial charge is 0.237 e. The van der Waals surface area contributed by atoms with Gasteiger partial charge in [-0.15, -0.1) is 0 Å². The maximum absolute atomic E-state index is 5.40. The van der Waals surface area contributed by atoms with Crippen molar-refractivity contribution in [2.75, 3.05) is 13.7 Å². The highest BCUT2D eigenvalue weighted by Crippen LogP contribution is 2.36. The van der Waals surface area contributed by atoms with Crippen LogP contribution in [0.15, 0.2) is 36.7 Å². The average Bonchev–Trinajstić information content (AvgIpc) is 2.96. The number of hydrogen-bond donors (Lipinski definition) is 1. The molecule has 4 nitrogen and oxygen atoms in total. The quantitative estimate of drug-likeness (QED) is 0.916. The molecule has 3 rings (SSSR count). The van der Waals surface area contributed by atoms with Gasteiger partial charge < -0.3 is 10.1 Å². The molecule has 0 spiro atoms. The zero-order valence-corrected chi connectivity index (χ0v) is 12.5. The number of benzene rings is 1. The lowest BCUT2D eigenvalue weighted by molar-refractivity contribution is 0.337. The predicted molar refractivity (Wildman–Crippen MR) is 82.3 cm³/mol. The maximum atomic E-state index is 5.40. The van der Waals surface area contributed by atoms with Gasteiger partial charge in [-0.05, 0) is 36.4 Å². The first-order valence-corrected chi connectivity index (χ1v) is 7.48. The molecule has 0 aliphatic heterocycles. The highest BCUT2D eigenvalue weighted by molar-refractivity contribution is 5.34. The highest BCUT2D eigenvalue weighted by Gasteiger charge is 2.31. The largest absolute Gasteiger partial charge is 0.480 e. The number of hydrogen-bond acceptors (Lipinski definition) is 4. The van der Waals surface area contributed by atoms with Crippen molar-refractivity contribution in [2.24, 2.45) is 5.92 Å². The Bertz CT molecular complexity index is 589. The zero-order valence-electron chi connectivity index (χ0n) is 12.5. The van der Waals surface area contributed by atoms with Crippen LogP contribution in [-0.2, 0) is 12.8 Å². The molecular weight excluding hydrogens is 262 g/mol. The maximum Gasteiger partial charge on any atom is 0.237 e. The third-order valence-corrected chi connectivity index (χ3v) is 4.16. The Morgan fingerprint density at radius 1 is 1.19 bits per heavy atom. The van der Waals surface area contributed by atoms with E-state index < -0.39 is 0 Å². The van der Waals surface area contributed by atoms with Crippen LogP contribution in [0.25, 0.3) is 0 Å². The molecule has 110 valence electrons. The van der Waals surface area contributed by atoms with Gasteiger partial charge in [-0.1, -0.05) is 31.2 Å². The van der Waals surface area contributed by atoms with E-state index >= 15 is 0 Å². The first-order valence-electron chi connectivity index (χ1n) is 7.48. The van der Waals surface area contributed by atoms with E-state index in [9.17, 15) is 0 Å².